The van der Waals surface area contributed by atoms with Crippen molar-refractivity contribution < 1.29 is 14.7 Å². The molecule has 2 amide bonds. The highest BCUT2D eigenvalue weighted by atomic mass is 35.5. The molecule has 2 aromatic carbocycles. The van der Waals surface area contributed by atoms with E-state index in [1.807, 2.05) is 31.4 Å². The number of amides is 2. The van der Waals surface area contributed by atoms with Crippen LogP contribution in [0.2, 0.25) is 5.02 Å². The van der Waals surface area contributed by atoms with Crippen LogP contribution < -0.4 is 26.5 Å². The second kappa shape index (κ2) is 13.1. The van der Waals surface area contributed by atoms with Crippen LogP contribution in [0.3, 0.4) is 0 Å². The third kappa shape index (κ3) is 6.67. The maximum Gasteiger partial charge on any atom is 0.328 e. The summed E-state index contributed by atoms with van der Waals surface area (Å²) in [5.74, 6) is 0.178. The van der Waals surface area contributed by atoms with E-state index in [2.05, 4.69) is 48.6 Å². The van der Waals surface area contributed by atoms with E-state index in [0.717, 1.165) is 64.8 Å². The van der Waals surface area contributed by atoms with Gasteiger partial charge in [0.15, 0.2) is 5.82 Å². The van der Waals surface area contributed by atoms with E-state index >= 15 is 0 Å². The minimum atomic E-state index is -0.895. The van der Waals surface area contributed by atoms with Crippen LogP contribution in [0.15, 0.2) is 53.6 Å². The van der Waals surface area contributed by atoms with Crippen LogP contribution in [0.25, 0.3) is 21.9 Å². The highest BCUT2D eigenvalue weighted by Gasteiger charge is 2.30. The van der Waals surface area contributed by atoms with Crippen LogP contribution in [0, 0.1) is 0 Å². The van der Waals surface area contributed by atoms with E-state index in [1.54, 1.807) is 36.2 Å². The van der Waals surface area contributed by atoms with E-state index in [0.29, 0.717) is 42.6 Å². The van der Waals surface area contributed by atoms with Gasteiger partial charge in [0.1, 0.15) is 5.02 Å². The predicted molar refractivity (Wildman–Crippen MR) is 195 cm³/mol. The summed E-state index contributed by atoms with van der Waals surface area (Å²) >= 11 is 6.52. The number of carbonyl (C=O) groups excluding carboxylic acids is 2. The molecule has 5 heterocycles. The minimum Gasteiger partial charge on any atom is -0.390 e. The largest absolute Gasteiger partial charge is 0.390 e. The second-order valence-corrected chi connectivity index (χ2v) is 14.5. The number of halogens is 1. The van der Waals surface area contributed by atoms with Gasteiger partial charge in [0.05, 0.1) is 34.3 Å². The summed E-state index contributed by atoms with van der Waals surface area (Å²) in [6, 6.07) is 12.2. The van der Waals surface area contributed by atoms with Crippen molar-refractivity contribution in [2.24, 2.45) is 14.1 Å². The Hall–Kier alpha value is -4.88. The molecule has 262 valence electrons. The van der Waals surface area contributed by atoms with Gasteiger partial charge in [-0.3, -0.25) is 24.0 Å². The Morgan fingerprint density at radius 3 is 2.54 bits per heavy atom. The lowest BCUT2D eigenvalue weighted by Crippen LogP contribution is -2.39. The smallest absolute Gasteiger partial charge is 0.328 e. The molecule has 2 aliphatic rings. The van der Waals surface area contributed by atoms with E-state index < -0.39 is 5.60 Å². The van der Waals surface area contributed by atoms with E-state index in [1.165, 1.54) is 0 Å². The van der Waals surface area contributed by atoms with Crippen LogP contribution in [0.1, 0.15) is 57.4 Å². The van der Waals surface area contributed by atoms with Crippen LogP contribution in [0.5, 0.6) is 0 Å². The maximum atomic E-state index is 13.0. The van der Waals surface area contributed by atoms with Gasteiger partial charge in [0, 0.05) is 69.2 Å². The molecular weight excluding hydrogens is 658 g/mol. The fourth-order valence-electron chi connectivity index (χ4n) is 7.08. The van der Waals surface area contributed by atoms with Crippen molar-refractivity contribution in [1.82, 2.24) is 29.0 Å². The second-order valence-electron chi connectivity index (χ2n) is 14.1. The predicted octanol–water partition coefficient (Wildman–Crippen LogP) is 4.78. The van der Waals surface area contributed by atoms with Crippen LogP contribution in [-0.4, -0.2) is 65.3 Å². The van der Waals surface area contributed by atoms with E-state index in [9.17, 15) is 19.5 Å². The molecular formula is C36H42ClN9O4. The average molecular weight is 700 g/mol. The number of hydrogen-bond acceptors (Lipinski definition) is 9. The molecule has 0 bridgehead atoms. The van der Waals surface area contributed by atoms with Gasteiger partial charge in [-0.05, 0) is 75.4 Å². The molecule has 2 aliphatic heterocycles. The molecule has 14 heteroatoms. The first-order chi connectivity index (χ1) is 23.8. The number of aromatic nitrogens is 5. The molecule has 0 aliphatic carbocycles. The van der Waals surface area contributed by atoms with Crippen LogP contribution in [-0.2, 0) is 30.2 Å². The lowest BCUT2D eigenvalue weighted by molar-refractivity contribution is -0.134. The van der Waals surface area contributed by atoms with Crippen LogP contribution >= 0.6 is 11.6 Å². The Morgan fingerprint density at radius 1 is 1.02 bits per heavy atom. The molecule has 0 spiro atoms. The first-order valence-corrected chi connectivity index (χ1v) is 17.4. The number of piperidine rings is 2. The Kier molecular flexibility index (Phi) is 8.81. The number of carbonyl (C=O) groups is 2. The molecule has 0 radical (unpaired) electrons. The van der Waals surface area contributed by atoms with Crippen molar-refractivity contribution in [1.29, 1.82) is 0 Å². The number of benzene rings is 2. The quantitative estimate of drug-likeness (QED) is 0.159. The summed E-state index contributed by atoms with van der Waals surface area (Å²) in [5, 5.41) is 20.9. The van der Waals surface area contributed by atoms with E-state index in [-0.39, 0.29) is 29.5 Å². The summed E-state index contributed by atoms with van der Waals surface area (Å²) in [5.41, 5.74) is 4.37. The summed E-state index contributed by atoms with van der Waals surface area (Å²) in [6.07, 6.45) is 6.67. The average Bonchev–Trinajstić information content (AvgIpc) is 3.52. The first kappa shape index (κ1) is 33.6. The Balaban J connectivity index is 1.01. The van der Waals surface area contributed by atoms with Crippen molar-refractivity contribution in [3.63, 3.8) is 0 Å². The molecule has 5 aromatic rings. The van der Waals surface area contributed by atoms with Crippen LogP contribution in [0.4, 0.5) is 23.1 Å². The van der Waals surface area contributed by atoms with E-state index in [4.69, 9.17) is 16.6 Å². The van der Waals surface area contributed by atoms with Gasteiger partial charge in [-0.1, -0.05) is 17.7 Å². The Labute approximate surface area is 294 Å². The van der Waals surface area contributed by atoms with Gasteiger partial charge >= 0.3 is 5.69 Å². The van der Waals surface area contributed by atoms with Crippen molar-refractivity contribution in [2.45, 2.75) is 70.1 Å². The van der Waals surface area contributed by atoms with Gasteiger partial charge in [-0.2, -0.15) is 4.98 Å². The highest BCUT2D eigenvalue weighted by Crippen LogP contribution is 2.35. The summed E-state index contributed by atoms with van der Waals surface area (Å²) in [4.78, 5) is 48.7. The fraction of sp³-hybridized carbons (Fsp3) is 0.417. The van der Waals surface area contributed by atoms with Crippen molar-refractivity contribution in [3.8, 4) is 0 Å². The standard InChI is InChI=1S/C36H42ClN9O4/c1-36(2,50)13-16-46-30-17-22(5-9-28(30)44(4)35(46)49)39-32-27(37)19-38-34(42-32)40-21-11-14-45(15-12-21)23-6-7-24-26(20-43(3)29(24)18-23)25-8-10-31(47)41-33(25)48/h5-7,9,17-21,25,50H,8,10-16H2,1-4H3,(H,41,47,48)(H2,38,39,40,42). The number of imidazole rings is 1. The number of hydrogen-bond donors (Lipinski definition) is 4. The van der Waals surface area contributed by atoms with Gasteiger partial charge in [0.25, 0.3) is 0 Å². The molecule has 0 saturated carbocycles. The molecule has 50 heavy (non-hydrogen) atoms. The van der Waals surface area contributed by atoms with Gasteiger partial charge < -0.3 is 25.2 Å². The Bertz CT molecular complexity index is 2170. The Morgan fingerprint density at radius 2 is 1.80 bits per heavy atom. The SMILES string of the molecule is Cn1cc(C2CCC(=O)NC2=O)c2ccc(N3CCC(Nc4ncc(Cl)c(Nc5ccc6c(c5)n(CCC(C)(C)O)c(=O)n6C)n4)CC3)cc21. The molecule has 2 saturated heterocycles. The summed E-state index contributed by atoms with van der Waals surface area (Å²) in [6.45, 7) is 5.54. The number of nitrogens with zero attached hydrogens (tertiary/aromatic N) is 6. The molecule has 3 aromatic heterocycles. The molecule has 7 rings (SSSR count). The summed E-state index contributed by atoms with van der Waals surface area (Å²) in [7, 11) is 3.73. The third-order valence-electron chi connectivity index (χ3n) is 9.91. The summed E-state index contributed by atoms with van der Waals surface area (Å²) < 4.78 is 5.34. The third-order valence-corrected chi connectivity index (χ3v) is 10.2. The number of rotatable bonds is 9. The lowest BCUT2D eigenvalue weighted by atomic mass is 9.90. The van der Waals surface area contributed by atoms with Gasteiger partial charge in [-0.25, -0.2) is 9.78 Å². The number of aliphatic hydroxyl groups is 1. The monoisotopic (exact) mass is 699 g/mol. The number of fused-ring (bicyclic) bond motifs is 2. The molecule has 1 unspecified atom stereocenters. The number of nitrogens with one attached hydrogen (secondary N) is 3. The molecule has 4 N–H and O–H groups in total. The van der Waals surface area contributed by atoms with Gasteiger partial charge in [-0.15, -0.1) is 0 Å². The highest BCUT2D eigenvalue weighted by molar-refractivity contribution is 6.32. The zero-order valence-corrected chi connectivity index (χ0v) is 29.4. The molecule has 2 fully saturated rings. The first-order valence-electron chi connectivity index (χ1n) is 17.0. The van der Waals surface area contributed by atoms with Gasteiger partial charge in [0.2, 0.25) is 17.8 Å². The maximum absolute atomic E-state index is 13.0. The topological polar surface area (TPSA) is 151 Å². The zero-order valence-electron chi connectivity index (χ0n) is 28.7. The van der Waals surface area contributed by atoms with Crippen molar-refractivity contribution in [2.75, 3.05) is 28.6 Å². The number of anilines is 4. The number of imide groups is 1. The number of aryl methyl sites for hydroxylation is 3. The zero-order chi connectivity index (χ0) is 35.3. The normalized spacial score (nSPS) is 17.5. The van der Waals surface area contributed by atoms with Crippen molar-refractivity contribution >= 4 is 68.5 Å². The lowest BCUT2D eigenvalue weighted by Gasteiger charge is -2.34. The molecule has 1 atom stereocenters. The fourth-order valence-corrected chi connectivity index (χ4v) is 7.22. The van der Waals surface area contributed by atoms with Crippen molar-refractivity contribution in [3.05, 3.63) is 69.9 Å². The minimum absolute atomic E-state index is 0.140. The molecule has 13 nitrogen and oxygen atoms in total.